The summed E-state index contributed by atoms with van der Waals surface area (Å²) in [7, 11) is 0. The summed E-state index contributed by atoms with van der Waals surface area (Å²) >= 11 is 0. The highest BCUT2D eigenvalue weighted by molar-refractivity contribution is 5.66. The first-order valence-electron chi connectivity index (χ1n) is 13.5. The number of aromatic nitrogens is 2. The third-order valence-corrected chi connectivity index (χ3v) is 9.67. The van der Waals surface area contributed by atoms with Gasteiger partial charge in [-0.1, -0.05) is 65.7 Å². The van der Waals surface area contributed by atoms with Crippen LogP contribution in [-0.4, -0.2) is 4.98 Å². The molecule has 0 N–H and O–H groups in total. The maximum atomic E-state index is 4.71. The molecule has 1 aromatic heterocycles. The summed E-state index contributed by atoms with van der Waals surface area (Å²) in [6.45, 7) is 23.2. The van der Waals surface area contributed by atoms with Crippen molar-refractivity contribution in [2.45, 2.75) is 112 Å². The van der Waals surface area contributed by atoms with Gasteiger partial charge < -0.3 is 0 Å². The molecule has 5 atom stereocenters. The standard InChI is InChI=1S/C19H25N2.C12H24/c1-7-19(6)18(4,5)16-11-9-8-10-15(16)17-14(3)20-13(2)12-21(17)19;1-5-11-8-12(6-2)10(4)7-9(11)3/h8-12H,7H2,1-6H3;9-12H,5-8H2,1-4H3/q+1;. The molecular formula is C31H49N2+. The summed E-state index contributed by atoms with van der Waals surface area (Å²) in [5.74, 6) is 4.00. The van der Waals surface area contributed by atoms with E-state index in [-0.39, 0.29) is 11.0 Å². The van der Waals surface area contributed by atoms with E-state index >= 15 is 0 Å². The van der Waals surface area contributed by atoms with Gasteiger partial charge in [0, 0.05) is 13.3 Å². The number of hydrogen-bond acceptors (Lipinski definition) is 1. The second kappa shape index (κ2) is 9.88. The van der Waals surface area contributed by atoms with Crippen molar-refractivity contribution in [3.05, 3.63) is 47.4 Å². The van der Waals surface area contributed by atoms with Gasteiger partial charge in [0.15, 0.2) is 11.7 Å². The predicted molar refractivity (Wildman–Crippen MR) is 141 cm³/mol. The SMILES string of the molecule is CCC1(C)[n+]2cc(C)nc(C)c2-c2ccccc2C1(C)C.CCC1CC(CC)C(C)CC1C. The van der Waals surface area contributed by atoms with Crippen LogP contribution in [0.2, 0.25) is 0 Å². The molecule has 1 aromatic carbocycles. The lowest BCUT2D eigenvalue weighted by Gasteiger charge is -2.44. The highest BCUT2D eigenvalue weighted by Crippen LogP contribution is 2.47. The Labute approximate surface area is 204 Å². The molecule has 182 valence electrons. The first kappa shape index (κ1) is 25.9. The Morgan fingerprint density at radius 3 is 2.03 bits per heavy atom. The molecule has 2 heteroatoms. The minimum atomic E-state index is 0.0507. The molecule has 2 aliphatic rings. The summed E-state index contributed by atoms with van der Waals surface area (Å²) in [6.07, 6.45) is 9.07. The monoisotopic (exact) mass is 449 g/mol. The number of aryl methyl sites for hydroxylation is 2. The van der Waals surface area contributed by atoms with Gasteiger partial charge in [-0.3, -0.25) is 0 Å². The van der Waals surface area contributed by atoms with Crippen molar-refractivity contribution >= 4 is 0 Å². The molecule has 1 aliphatic heterocycles. The van der Waals surface area contributed by atoms with Gasteiger partial charge in [0.25, 0.3) is 0 Å². The zero-order valence-electron chi connectivity index (χ0n) is 23.1. The molecule has 0 saturated heterocycles. The largest absolute Gasteiger partial charge is 0.245 e. The Kier molecular flexibility index (Phi) is 7.76. The fourth-order valence-corrected chi connectivity index (χ4v) is 6.89. The van der Waals surface area contributed by atoms with Gasteiger partial charge in [0.2, 0.25) is 5.69 Å². The minimum Gasteiger partial charge on any atom is -0.245 e. The maximum Gasteiger partial charge on any atom is 0.234 e. The van der Waals surface area contributed by atoms with E-state index < -0.39 is 0 Å². The van der Waals surface area contributed by atoms with E-state index in [0.717, 1.165) is 41.5 Å². The third kappa shape index (κ3) is 4.52. The average molecular weight is 450 g/mol. The summed E-state index contributed by atoms with van der Waals surface area (Å²) in [5.41, 5.74) is 6.39. The van der Waals surface area contributed by atoms with Crippen molar-refractivity contribution in [3.63, 3.8) is 0 Å². The van der Waals surface area contributed by atoms with Gasteiger partial charge in [0.1, 0.15) is 11.4 Å². The lowest BCUT2D eigenvalue weighted by molar-refractivity contribution is -0.765. The van der Waals surface area contributed by atoms with Crippen LogP contribution in [0.4, 0.5) is 0 Å². The van der Waals surface area contributed by atoms with Crippen molar-refractivity contribution in [1.82, 2.24) is 4.98 Å². The van der Waals surface area contributed by atoms with Gasteiger partial charge in [-0.15, -0.1) is 0 Å². The normalized spacial score (nSPS) is 30.0. The van der Waals surface area contributed by atoms with Crippen LogP contribution in [0.5, 0.6) is 0 Å². The third-order valence-electron chi connectivity index (χ3n) is 9.67. The van der Waals surface area contributed by atoms with Crippen LogP contribution in [-0.2, 0) is 11.0 Å². The van der Waals surface area contributed by atoms with Gasteiger partial charge in [-0.25, -0.2) is 4.98 Å². The Bertz CT molecular complexity index is 945. The second-order valence-corrected chi connectivity index (χ2v) is 11.7. The topological polar surface area (TPSA) is 16.8 Å². The molecule has 2 heterocycles. The van der Waals surface area contributed by atoms with Crippen LogP contribution < -0.4 is 4.57 Å². The molecule has 1 fully saturated rings. The van der Waals surface area contributed by atoms with Crippen LogP contribution >= 0.6 is 0 Å². The Morgan fingerprint density at radius 2 is 1.48 bits per heavy atom. The lowest BCUT2D eigenvalue weighted by atomic mass is 9.63. The van der Waals surface area contributed by atoms with Crippen molar-refractivity contribution in [3.8, 4) is 11.3 Å². The van der Waals surface area contributed by atoms with Crippen molar-refractivity contribution in [2.24, 2.45) is 23.7 Å². The molecule has 5 unspecified atom stereocenters. The van der Waals surface area contributed by atoms with Crippen molar-refractivity contribution < 1.29 is 4.57 Å². The molecule has 1 saturated carbocycles. The van der Waals surface area contributed by atoms with Crippen molar-refractivity contribution in [1.29, 1.82) is 0 Å². The van der Waals surface area contributed by atoms with E-state index in [1.165, 1.54) is 42.5 Å². The second-order valence-electron chi connectivity index (χ2n) is 11.7. The summed E-state index contributed by atoms with van der Waals surface area (Å²) in [4.78, 5) is 4.71. The smallest absolute Gasteiger partial charge is 0.234 e. The number of nitrogens with zero attached hydrogens (tertiary/aromatic N) is 2. The highest BCUT2D eigenvalue weighted by atomic mass is 15.1. The van der Waals surface area contributed by atoms with Crippen LogP contribution in [0.15, 0.2) is 30.5 Å². The van der Waals surface area contributed by atoms with Crippen LogP contribution in [0.3, 0.4) is 0 Å². The molecular weight excluding hydrogens is 400 g/mol. The quantitative estimate of drug-likeness (QED) is 0.432. The van der Waals surface area contributed by atoms with Gasteiger partial charge in [-0.05, 0) is 75.8 Å². The van der Waals surface area contributed by atoms with E-state index in [0.29, 0.717) is 0 Å². The van der Waals surface area contributed by atoms with E-state index in [9.17, 15) is 0 Å². The Balaban J connectivity index is 0.000000218. The molecule has 2 aromatic rings. The molecule has 0 radical (unpaired) electrons. The molecule has 0 spiro atoms. The molecule has 4 rings (SSSR count). The van der Waals surface area contributed by atoms with Gasteiger partial charge in [-0.2, -0.15) is 4.57 Å². The molecule has 0 bridgehead atoms. The van der Waals surface area contributed by atoms with Crippen molar-refractivity contribution in [2.75, 3.05) is 0 Å². The van der Waals surface area contributed by atoms with Crippen LogP contribution in [0, 0.1) is 37.5 Å². The first-order chi connectivity index (χ1) is 15.5. The summed E-state index contributed by atoms with van der Waals surface area (Å²) < 4.78 is 2.48. The molecule has 1 aliphatic carbocycles. The van der Waals surface area contributed by atoms with E-state index in [1.807, 2.05) is 0 Å². The Morgan fingerprint density at radius 1 is 0.909 bits per heavy atom. The molecule has 0 amide bonds. The fourth-order valence-electron chi connectivity index (χ4n) is 6.89. The van der Waals surface area contributed by atoms with Gasteiger partial charge >= 0.3 is 0 Å². The number of benzene rings is 1. The fraction of sp³-hybridized carbons (Fsp3) is 0.677. The van der Waals surface area contributed by atoms with Crippen LogP contribution in [0.25, 0.3) is 11.3 Å². The zero-order chi connectivity index (χ0) is 24.6. The number of fused-ring (bicyclic) bond motifs is 3. The Hall–Kier alpha value is -1.70. The summed E-state index contributed by atoms with van der Waals surface area (Å²) in [5, 5.41) is 0. The average Bonchev–Trinajstić information content (AvgIpc) is 2.78. The van der Waals surface area contributed by atoms with E-state index in [1.54, 1.807) is 0 Å². The molecule has 2 nitrogen and oxygen atoms in total. The zero-order valence-corrected chi connectivity index (χ0v) is 23.1. The molecule has 33 heavy (non-hydrogen) atoms. The minimum absolute atomic E-state index is 0.0507. The van der Waals surface area contributed by atoms with E-state index in [2.05, 4.69) is 104 Å². The van der Waals surface area contributed by atoms with Crippen LogP contribution in [0.1, 0.15) is 104 Å². The number of hydrogen-bond donors (Lipinski definition) is 0. The highest BCUT2D eigenvalue weighted by Gasteiger charge is 2.55. The van der Waals surface area contributed by atoms with E-state index in [4.69, 9.17) is 4.98 Å². The maximum absolute atomic E-state index is 4.71. The van der Waals surface area contributed by atoms with Gasteiger partial charge in [0.05, 0.1) is 11.0 Å². The number of rotatable bonds is 3. The first-order valence-corrected chi connectivity index (χ1v) is 13.5. The summed E-state index contributed by atoms with van der Waals surface area (Å²) in [6, 6.07) is 8.81. The lowest BCUT2D eigenvalue weighted by Crippen LogP contribution is -2.67. The predicted octanol–water partition coefficient (Wildman–Crippen LogP) is 8.17.